The Bertz CT molecular complexity index is 1150. The molecule has 0 radical (unpaired) electrons. The lowest BCUT2D eigenvalue weighted by molar-refractivity contribution is -0.149. The summed E-state index contributed by atoms with van der Waals surface area (Å²) in [7, 11) is 0. The van der Waals surface area contributed by atoms with E-state index in [1.807, 2.05) is 12.1 Å². The summed E-state index contributed by atoms with van der Waals surface area (Å²) in [5, 5.41) is 14.7. The van der Waals surface area contributed by atoms with E-state index in [9.17, 15) is 19.5 Å². The van der Waals surface area contributed by atoms with Gasteiger partial charge in [0.25, 0.3) is 0 Å². The number of nitrogens with zero attached hydrogens (tertiary/aromatic N) is 2. The summed E-state index contributed by atoms with van der Waals surface area (Å²) in [5.74, 6) is -1.05. The predicted octanol–water partition coefficient (Wildman–Crippen LogP) is 4.07. The third-order valence-electron chi connectivity index (χ3n) is 7.91. The number of alkyl carbamates (subject to hydrolysis) is 1. The first-order chi connectivity index (χ1) is 18.0. The van der Waals surface area contributed by atoms with Crippen LogP contribution in [0.5, 0.6) is 5.88 Å². The van der Waals surface area contributed by atoms with Gasteiger partial charge < -0.3 is 24.8 Å². The normalized spacial score (nSPS) is 26.2. The van der Waals surface area contributed by atoms with Gasteiger partial charge in [-0.25, -0.2) is 14.6 Å². The lowest BCUT2D eigenvalue weighted by atomic mass is 9.83. The molecule has 37 heavy (non-hydrogen) atoms. The van der Waals surface area contributed by atoms with Crippen LogP contribution in [-0.4, -0.2) is 64.3 Å². The van der Waals surface area contributed by atoms with Gasteiger partial charge in [-0.15, -0.1) is 0 Å². The van der Waals surface area contributed by atoms with Crippen molar-refractivity contribution in [2.75, 3.05) is 13.2 Å². The highest BCUT2D eigenvalue weighted by Crippen LogP contribution is 2.32. The molecule has 4 bridgehead atoms. The molecule has 2 aromatic rings. The number of benzene rings is 1. The minimum absolute atomic E-state index is 0.0491. The standard InChI is InChI=1S/C28H35N3O6/c32-26-24(20-8-4-1-5-9-20)30-28(35)36-14-6-2-3-7-18-10-11-19-12-13-29-25(22(19)15-18)37-21-16-23(27(33)34)31(26)17-21/h10-13,15,20-21,23-24H,1-9,14,16-17H2,(H,30,35)(H,33,34)/t21-,23-,24-/m0/s1. The zero-order valence-corrected chi connectivity index (χ0v) is 21.1. The molecule has 1 aromatic carbocycles. The number of carboxylic acid groups (broad SMARTS) is 1. The molecule has 3 heterocycles. The molecule has 1 aliphatic carbocycles. The van der Waals surface area contributed by atoms with Crippen LogP contribution < -0.4 is 10.1 Å². The van der Waals surface area contributed by atoms with Crippen molar-refractivity contribution in [3.05, 3.63) is 36.0 Å². The Morgan fingerprint density at radius 2 is 1.86 bits per heavy atom. The Kier molecular flexibility index (Phi) is 7.76. The molecule has 2 aliphatic heterocycles. The monoisotopic (exact) mass is 509 g/mol. The number of carboxylic acids is 1. The molecule has 1 aromatic heterocycles. The topological polar surface area (TPSA) is 118 Å². The number of pyridine rings is 1. The van der Waals surface area contributed by atoms with E-state index >= 15 is 0 Å². The highest BCUT2D eigenvalue weighted by molar-refractivity contribution is 5.90. The molecule has 0 unspecified atom stereocenters. The van der Waals surface area contributed by atoms with Crippen molar-refractivity contribution in [3.63, 3.8) is 0 Å². The molecule has 2 fully saturated rings. The van der Waals surface area contributed by atoms with E-state index in [2.05, 4.69) is 22.4 Å². The summed E-state index contributed by atoms with van der Waals surface area (Å²) in [4.78, 5) is 44.5. The van der Waals surface area contributed by atoms with E-state index in [0.717, 1.165) is 74.1 Å². The second-order valence-electron chi connectivity index (χ2n) is 10.5. The van der Waals surface area contributed by atoms with Crippen molar-refractivity contribution < 1.29 is 29.0 Å². The number of aliphatic carboxylic acids is 1. The Labute approximate surface area is 216 Å². The third kappa shape index (κ3) is 5.81. The largest absolute Gasteiger partial charge is 0.480 e. The lowest BCUT2D eigenvalue weighted by Crippen LogP contribution is -2.55. The predicted molar refractivity (Wildman–Crippen MR) is 136 cm³/mol. The van der Waals surface area contributed by atoms with Gasteiger partial charge in [0.15, 0.2) is 0 Å². The number of hydrogen-bond acceptors (Lipinski definition) is 6. The van der Waals surface area contributed by atoms with Crippen molar-refractivity contribution in [2.24, 2.45) is 5.92 Å². The third-order valence-corrected chi connectivity index (χ3v) is 7.91. The molecule has 9 nitrogen and oxygen atoms in total. The van der Waals surface area contributed by atoms with Gasteiger partial charge in [0.2, 0.25) is 11.8 Å². The van der Waals surface area contributed by atoms with Gasteiger partial charge in [-0.05, 0) is 67.5 Å². The van der Waals surface area contributed by atoms with Gasteiger partial charge in [-0.2, -0.15) is 0 Å². The van der Waals surface area contributed by atoms with Crippen LogP contribution in [0.3, 0.4) is 0 Å². The van der Waals surface area contributed by atoms with Crippen molar-refractivity contribution in [1.29, 1.82) is 0 Å². The molecule has 9 heteroatoms. The Morgan fingerprint density at radius 3 is 2.68 bits per heavy atom. The number of aryl methyl sites for hydroxylation is 1. The second kappa shape index (κ2) is 11.4. The molecule has 3 atom stereocenters. The van der Waals surface area contributed by atoms with Gasteiger partial charge in [0.05, 0.1) is 13.2 Å². The highest BCUT2D eigenvalue weighted by atomic mass is 16.5. The first kappa shape index (κ1) is 25.3. The Morgan fingerprint density at radius 1 is 1.05 bits per heavy atom. The molecule has 5 rings (SSSR count). The van der Waals surface area contributed by atoms with E-state index in [0.29, 0.717) is 5.88 Å². The maximum atomic E-state index is 13.8. The van der Waals surface area contributed by atoms with E-state index in [-0.39, 0.29) is 31.4 Å². The highest BCUT2D eigenvalue weighted by Gasteiger charge is 2.45. The molecular formula is C28H35N3O6. The first-order valence-corrected chi connectivity index (χ1v) is 13.5. The van der Waals surface area contributed by atoms with Crippen molar-refractivity contribution in [3.8, 4) is 5.88 Å². The Hall–Kier alpha value is -3.36. The van der Waals surface area contributed by atoms with Gasteiger partial charge in [-0.1, -0.05) is 31.4 Å². The SMILES string of the molecule is O=C1N[C@@H](C2CCCCC2)C(=O)N2C[C@H](C[C@H]2C(=O)O)Oc2nccc3ccc(cc23)CCCCCO1. The quantitative estimate of drug-likeness (QED) is 0.627. The van der Waals surface area contributed by atoms with E-state index in [1.165, 1.54) is 4.90 Å². The van der Waals surface area contributed by atoms with Crippen LogP contribution >= 0.6 is 0 Å². The maximum absolute atomic E-state index is 13.8. The number of rotatable bonds is 2. The summed E-state index contributed by atoms with van der Waals surface area (Å²) in [6, 6.07) is 6.30. The van der Waals surface area contributed by atoms with Crippen LogP contribution in [0.25, 0.3) is 10.8 Å². The molecule has 198 valence electrons. The number of hydrogen-bond donors (Lipinski definition) is 2. The van der Waals surface area contributed by atoms with Crippen LogP contribution in [0.4, 0.5) is 4.79 Å². The molecule has 1 saturated heterocycles. The van der Waals surface area contributed by atoms with Crippen LogP contribution in [0.15, 0.2) is 30.5 Å². The molecule has 0 spiro atoms. The summed E-state index contributed by atoms with van der Waals surface area (Å²) in [6.45, 7) is 0.397. The molecule has 3 aliphatic rings. The zero-order chi connectivity index (χ0) is 25.8. The smallest absolute Gasteiger partial charge is 0.407 e. The number of nitrogens with one attached hydrogen (secondary N) is 1. The van der Waals surface area contributed by atoms with Crippen LogP contribution in [0, 0.1) is 5.92 Å². The summed E-state index contributed by atoms with van der Waals surface area (Å²) >= 11 is 0. The van der Waals surface area contributed by atoms with Crippen molar-refractivity contribution in [1.82, 2.24) is 15.2 Å². The average molecular weight is 510 g/mol. The number of carbonyl (C=O) groups excluding carboxylic acids is 2. The minimum Gasteiger partial charge on any atom is -0.480 e. The summed E-state index contributed by atoms with van der Waals surface area (Å²) in [5.41, 5.74) is 1.16. The molecule has 2 amide bonds. The molecule has 1 saturated carbocycles. The number of carbonyl (C=O) groups is 3. The fourth-order valence-electron chi connectivity index (χ4n) is 5.93. The molecular weight excluding hydrogens is 474 g/mol. The first-order valence-electron chi connectivity index (χ1n) is 13.5. The van der Waals surface area contributed by atoms with E-state index in [4.69, 9.17) is 9.47 Å². The minimum atomic E-state index is -1.08. The van der Waals surface area contributed by atoms with Gasteiger partial charge in [0, 0.05) is 18.0 Å². The van der Waals surface area contributed by atoms with Gasteiger partial charge >= 0.3 is 12.1 Å². The van der Waals surface area contributed by atoms with E-state index in [1.54, 1.807) is 6.20 Å². The maximum Gasteiger partial charge on any atom is 0.407 e. The number of amides is 2. The second-order valence-corrected chi connectivity index (χ2v) is 10.5. The Balaban J connectivity index is 1.46. The van der Waals surface area contributed by atoms with Gasteiger partial charge in [-0.3, -0.25) is 4.79 Å². The number of cyclic esters (lactones) is 1. The van der Waals surface area contributed by atoms with Gasteiger partial charge in [0.1, 0.15) is 18.2 Å². The number of aromatic nitrogens is 1. The number of ether oxygens (including phenoxy) is 2. The van der Waals surface area contributed by atoms with E-state index < -0.39 is 30.3 Å². The lowest BCUT2D eigenvalue weighted by Gasteiger charge is -2.33. The average Bonchev–Trinajstić information content (AvgIpc) is 3.33. The van der Waals surface area contributed by atoms with Crippen LogP contribution in [0.1, 0.15) is 63.4 Å². The molecule has 2 N–H and O–H groups in total. The fourth-order valence-corrected chi connectivity index (χ4v) is 5.93. The van der Waals surface area contributed by atoms with Crippen LogP contribution in [-0.2, 0) is 20.7 Å². The van der Waals surface area contributed by atoms with Crippen molar-refractivity contribution >= 4 is 28.7 Å². The van der Waals surface area contributed by atoms with Crippen molar-refractivity contribution in [2.45, 2.75) is 82.4 Å². The fraction of sp³-hybridized carbons (Fsp3) is 0.571. The zero-order valence-electron chi connectivity index (χ0n) is 21.1. The van der Waals surface area contributed by atoms with Crippen LogP contribution in [0.2, 0.25) is 0 Å². The number of fused-ring (bicyclic) bond motifs is 3. The summed E-state index contributed by atoms with van der Waals surface area (Å²) < 4.78 is 11.7. The summed E-state index contributed by atoms with van der Waals surface area (Å²) in [6.07, 6.45) is 8.84.